The van der Waals surface area contributed by atoms with E-state index in [0.29, 0.717) is 18.6 Å². The molecule has 0 aliphatic heterocycles. The Labute approximate surface area is 136 Å². The van der Waals surface area contributed by atoms with Gasteiger partial charge in [0.25, 0.3) is 5.91 Å². The van der Waals surface area contributed by atoms with Gasteiger partial charge in [-0.15, -0.1) is 0 Å². The lowest BCUT2D eigenvalue weighted by atomic mass is 10.0. The molecule has 7 heteroatoms. The summed E-state index contributed by atoms with van der Waals surface area (Å²) >= 11 is 0. The van der Waals surface area contributed by atoms with E-state index in [1.165, 1.54) is 0 Å². The highest BCUT2D eigenvalue weighted by atomic mass is 19.1. The molecule has 0 fully saturated rings. The molecule has 0 unspecified atom stereocenters. The summed E-state index contributed by atoms with van der Waals surface area (Å²) in [6, 6.07) is 8.80. The van der Waals surface area contributed by atoms with Crippen LogP contribution in [0.5, 0.6) is 0 Å². The smallest absolute Gasteiger partial charge is 0.257 e. The lowest BCUT2D eigenvalue weighted by Gasteiger charge is -2.16. The molecule has 2 aromatic carbocycles. The van der Waals surface area contributed by atoms with Gasteiger partial charge in [-0.3, -0.25) is 9.59 Å². The number of hydrogen-bond acceptors (Lipinski definition) is 2. The van der Waals surface area contributed by atoms with Crippen molar-refractivity contribution in [1.82, 2.24) is 5.32 Å². The number of carbonyl (C=O) groups is 2. The largest absolute Gasteiger partial charge is 0.368 e. The van der Waals surface area contributed by atoms with Crippen LogP contribution in [0.15, 0.2) is 42.5 Å². The van der Waals surface area contributed by atoms with E-state index in [1.54, 1.807) is 0 Å². The first-order valence-corrected chi connectivity index (χ1v) is 7.17. The number of nitrogens with two attached hydrogens (primary N) is 1. The predicted molar refractivity (Wildman–Crippen MR) is 81.5 cm³/mol. The van der Waals surface area contributed by atoms with Gasteiger partial charge in [0.05, 0.1) is 0 Å². The molecule has 2 amide bonds. The molecule has 0 heterocycles. The Hall–Kier alpha value is -2.83. The Morgan fingerprint density at radius 1 is 1.04 bits per heavy atom. The normalized spacial score (nSPS) is 11.8. The average Bonchev–Trinajstić information content (AvgIpc) is 2.51. The quantitative estimate of drug-likeness (QED) is 0.850. The zero-order chi connectivity index (χ0) is 17.7. The van der Waals surface area contributed by atoms with Crippen LogP contribution >= 0.6 is 0 Å². The van der Waals surface area contributed by atoms with Crippen LogP contribution in [0.25, 0.3) is 0 Å². The number of aryl methyl sites for hydroxylation is 1. The van der Waals surface area contributed by atoms with Gasteiger partial charge >= 0.3 is 0 Å². The fourth-order valence-corrected chi connectivity index (χ4v) is 2.23. The van der Waals surface area contributed by atoms with E-state index in [1.807, 2.05) is 30.3 Å². The summed E-state index contributed by atoms with van der Waals surface area (Å²) in [5, 5.41) is 2.19. The number of primary amides is 1. The van der Waals surface area contributed by atoms with Crippen molar-refractivity contribution >= 4 is 11.8 Å². The highest BCUT2D eigenvalue weighted by Gasteiger charge is 2.24. The van der Waals surface area contributed by atoms with E-state index in [2.05, 4.69) is 5.32 Å². The average molecular weight is 336 g/mol. The Morgan fingerprint density at radius 3 is 2.17 bits per heavy atom. The minimum Gasteiger partial charge on any atom is -0.368 e. The SMILES string of the molecule is NC(=O)[C@H](CCc1ccccc1)NC(=O)c1c(F)cc(F)cc1F. The van der Waals surface area contributed by atoms with Crippen molar-refractivity contribution in [3.8, 4) is 0 Å². The van der Waals surface area contributed by atoms with E-state index in [0.717, 1.165) is 5.56 Å². The van der Waals surface area contributed by atoms with Crippen LogP contribution in [0.3, 0.4) is 0 Å². The van der Waals surface area contributed by atoms with Crippen LogP contribution in [0.4, 0.5) is 13.2 Å². The third-order valence-electron chi connectivity index (χ3n) is 3.45. The second-order valence-electron chi connectivity index (χ2n) is 5.20. The highest BCUT2D eigenvalue weighted by molar-refractivity contribution is 5.97. The molecule has 0 aliphatic carbocycles. The molecule has 4 nitrogen and oxygen atoms in total. The Kier molecular flexibility index (Phi) is 5.57. The van der Waals surface area contributed by atoms with Crippen LogP contribution < -0.4 is 11.1 Å². The van der Waals surface area contributed by atoms with E-state index in [-0.39, 0.29) is 6.42 Å². The first kappa shape index (κ1) is 17.5. The van der Waals surface area contributed by atoms with Gasteiger partial charge in [-0.05, 0) is 18.4 Å². The molecule has 0 radical (unpaired) electrons. The number of nitrogens with one attached hydrogen (secondary N) is 1. The molecule has 3 N–H and O–H groups in total. The minimum atomic E-state index is -1.35. The van der Waals surface area contributed by atoms with Gasteiger partial charge in [-0.25, -0.2) is 13.2 Å². The summed E-state index contributed by atoms with van der Waals surface area (Å²) in [5.41, 5.74) is 5.18. The maximum Gasteiger partial charge on any atom is 0.257 e. The van der Waals surface area contributed by atoms with Gasteiger partial charge in [0.15, 0.2) is 0 Å². The summed E-state index contributed by atoms with van der Waals surface area (Å²) < 4.78 is 40.1. The third kappa shape index (κ3) is 4.34. The van der Waals surface area contributed by atoms with Crippen LogP contribution in [-0.2, 0) is 11.2 Å². The maximum atomic E-state index is 13.6. The summed E-state index contributed by atoms with van der Waals surface area (Å²) in [6.07, 6.45) is 0.596. The molecule has 1 atom stereocenters. The van der Waals surface area contributed by atoms with Crippen molar-refractivity contribution in [2.75, 3.05) is 0 Å². The third-order valence-corrected chi connectivity index (χ3v) is 3.45. The van der Waals surface area contributed by atoms with Crippen molar-refractivity contribution in [2.24, 2.45) is 5.73 Å². The predicted octanol–water partition coefficient (Wildman–Crippen LogP) is 2.32. The van der Waals surface area contributed by atoms with Crippen LogP contribution in [-0.4, -0.2) is 17.9 Å². The number of carbonyl (C=O) groups excluding carboxylic acids is 2. The molecule has 126 valence electrons. The van der Waals surface area contributed by atoms with E-state index >= 15 is 0 Å². The molecule has 0 spiro atoms. The van der Waals surface area contributed by atoms with Gasteiger partial charge in [0.1, 0.15) is 29.1 Å². The number of halogens is 3. The zero-order valence-corrected chi connectivity index (χ0v) is 12.6. The van der Waals surface area contributed by atoms with Crippen molar-refractivity contribution < 1.29 is 22.8 Å². The lowest BCUT2D eigenvalue weighted by molar-refractivity contribution is -0.120. The maximum absolute atomic E-state index is 13.6. The molecule has 2 rings (SSSR count). The molecule has 0 aliphatic rings. The van der Waals surface area contributed by atoms with E-state index in [9.17, 15) is 22.8 Å². The number of hydrogen-bond donors (Lipinski definition) is 2. The van der Waals surface area contributed by atoms with Crippen molar-refractivity contribution in [1.29, 1.82) is 0 Å². The monoisotopic (exact) mass is 336 g/mol. The van der Waals surface area contributed by atoms with Gasteiger partial charge in [0, 0.05) is 12.1 Å². The fraction of sp³-hybridized carbons (Fsp3) is 0.176. The Bertz CT molecular complexity index is 728. The van der Waals surface area contributed by atoms with Gasteiger partial charge in [0.2, 0.25) is 5.91 Å². The molecule has 0 bridgehead atoms. The molecule has 2 aromatic rings. The van der Waals surface area contributed by atoms with Gasteiger partial charge < -0.3 is 11.1 Å². The standard InChI is InChI=1S/C17H15F3N2O2/c18-11-8-12(19)15(13(20)9-11)17(24)22-14(16(21)23)7-6-10-4-2-1-3-5-10/h1-5,8-9,14H,6-7H2,(H2,21,23)(H,22,24)/t14-/m0/s1. The Morgan fingerprint density at radius 2 is 1.62 bits per heavy atom. The minimum absolute atomic E-state index is 0.162. The highest BCUT2D eigenvalue weighted by Crippen LogP contribution is 2.15. The van der Waals surface area contributed by atoms with Crippen LogP contribution in [0.2, 0.25) is 0 Å². The summed E-state index contributed by atoms with van der Waals surface area (Å²) in [4.78, 5) is 23.5. The van der Waals surface area contributed by atoms with Crippen molar-refractivity contribution in [3.63, 3.8) is 0 Å². The topological polar surface area (TPSA) is 72.2 Å². The summed E-state index contributed by atoms with van der Waals surface area (Å²) in [6.45, 7) is 0. The molecule has 0 aromatic heterocycles. The summed E-state index contributed by atoms with van der Waals surface area (Å²) in [5.74, 6) is -5.84. The first-order chi connectivity index (χ1) is 11.4. The van der Waals surface area contributed by atoms with Crippen LogP contribution in [0, 0.1) is 17.5 Å². The zero-order valence-electron chi connectivity index (χ0n) is 12.6. The molecule has 0 saturated carbocycles. The summed E-state index contributed by atoms with van der Waals surface area (Å²) in [7, 11) is 0. The van der Waals surface area contributed by atoms with Crippen molar-refractivity contribution in [2.45, 2.75) is 18.9 Å². The molecule has 24 heavy (non-hydrogen) atoms. The molecular formula is C17H15F3N2O2. The van der Waals surface area contributed by atoms with Gasteiger partial charge in [-0.2, -0.15) is 0 Å². The van der Waals surface area contributed by atoms with Crippen molar-refractivity contribution in [3.05, 3.63) is 71.0 Å². The number of benzene rings is 2. The number of amides is 2. The van der Waals surface area contributed by atoms with E-state index in [4.69, 9.17) is 5.73 Å². The molecule has 0 saturated heterocycles. The second-order valence-corrected chi connectivity index (χ2v) is 5.20. The van der Waals surface area contributed by atoms with Gasteiger partial charge in [-0.1, -0.05) is 30.3 Å². The van der Waals surface area contributed by atoms with E-state index < -0.39 is 40.9 Å². The number of rotatable bonds is 6. The van der Waals surface area contributed by atoms with Crippen LogP contribution in [0.1, 0.15) is 22.3 Å². The first-order valence-electron chi connectivity index (χ1n) is 7.17. The Balaban J connectivity index is 2.10. The fourth-order valence-electron chi connectivity index (χ4n) is 2.23. The lowest BCUT2D eigenvalue weighted by Crippen LogP contribution is -2.45. The second kappa shape index (κ2) is 7.63. The molecular weight excluding hydrogens is 321 g/mol.